The average Bonchev–Trinajstić information content (AvgIpc) is 2.85. The predicted molar refractivity (Wildman–Crippen MR) is 73.2 cm³/mol. The minimum absolute atomic E-state index is 0.0101. The second-order valence-electron chi connectivity index (χ2n) is 4.74. The number of ether oxygens (including phenoxy) is 1. The van der Waals surface area contributed by atoms with Crippen LogP contribution in [0.2, 0.25) is 0 Å². The lowest BCUT2D eigenvalue weighted by Gasteiger charge is -2.31. The smallest absolute Gasteiger partial charge is 0.250 e. The quantitative estimate of drug-likeness (QED) is 0.828. The maximum absolute atomic E-state index is 12.4. The zero-order valence-corrected chi connectivity index (χ0v) is 11.8. The Morgan fingerprint density at radius 2 is 2.40 bits per heavy atom. The number of carbonyl (C=O) groups is 2. The van der Waals surface area contributed by atoms with Gasteiger partial charge in [0.15, 0.2) is 5.82 Å². The van der Waals surface area contributed by atoms with Crippen LogP contribution in [-0.2, 0) is 21.4 Å². The first-order chi connectivity index (χ1) is 9.61. The summed E-state index contributed by atoms with van der Waals surface area (Å²) in [5.74, 6) is 0.258. The summed E-state index contributed by atoms with van der Waals surface area (Å²) < 4.78 is 6.69. The van der Waals surface area contributed by atoms with Crippen LogP contribution in [0.25, 0.3) is 0 Å². The molecule has 0 aromatic carbocycles. The summed E-state index contributed by atoms with van der Waals surface area (Å²) in [6, 6.07) is 1.31. The zero-order valence-electron chi connectivity index (χ0n) is 11.8. The van der Waals surface area contributed by atoms with Crippen LogP contribution in [0.3, 0.4) is 0 Å². The van der Waals surface area contributed by atoms with Crippen LogP contribution in [0.15, 0.2) is 12.3 Å². The first-order valence-electron chi connectivity index (χ1n) is 6.80. The van der Waals surface area contributed by atoms with Crippen molar-refractivity contribution in [2.45, 2.75) is 25.8 Å². The molecule has 2 heterocycles. The minimum Gasteiger partial charge on any atom is -0.372 e. The third kappa shape index (κ3) is 3.36. The molecule has 2 rings (SSSR count). The highest BCUT2D eigenvalue weighted by atomic mass is 16.5. The molecule has 2 amide bonds. The van der Waals surface area contributed by atoms with E-state index < -0.39 is 6.04 Å². The second kappa shape index (κ2) is 6.51. The molecular weight excluding hydrogens is 260 g/mol. The number of rotatable bonds is 5. The highest BCUT2D eigenvalue weighted by molar-refractivity contribution is 5.99. The van der Waals surface area contributed by atoms with Gasteiger partial charge in [-0.05, 0) is 19.8 Å². The van der Waals surface area contributed by atoms with E-state index >= 15 is 0 Å². The van der Waals surface area contributed by atoms with Gasteiger partial charge >= 0.3 is 0 Å². The molecular formula is C13H20N4O3. The molecule has 20 heavy (non-hydrogen) atoms. The Hall–Kier alpha value is -1.89. The number of nitrogens with zero attached hydrogens (tertiary/aromatic N) is 3. The molecule has 0 bridgehead atoms. The van der Waals surface area contributed by atoms with Gasteiger partial charge in [-0.2, -0.15) is 5.10 Å². The Kier molecular flexibility index (Phi) is 4.73. The molecule has 1 N–H and O–H groups in total. The summed E-state index contributed by atoms with van der Waals surface area (Å²) in [6.45, 7) is 2.92. The van der Waals surface area contributed by atoms with Crippen molar-refractivity contribution in [2.24, 2.45) is 7.05 Å². The van der Waals surface area contributed by atoms with Crippen LogP contribution in [0, 0.1) is 0 Å². The summed E-state index contributed by atoms with van der Waals surface area (Å²) in [7, 11) is 1.80. The topological polar surface area (TPSA) is 76.5 Å². The van der Waals surface area contributed by atoms with Crippen molar-refractivity contribution in [3.8, 4) is 0 Å². The molecule has 1 aliphatic rings. The van der Waals surface area contributed by atoms with Crippen molar-refractivity contribution >= 4 is 17.6 Å². The third-order valence-corrected chi connectivity index (χ3v) is 3.19. The van der Waals surface area contributed by atoms with Crippen molar-refractivity contribution in [3.63, 3.8) is 0 Å². The molecule has 0 spiro atoms. The van der Waals surface area contributed by atoms with Gasteiger partial charge in [-0.3, -0.25) is 19.2 Å². The molecule has 1 aliphatic heterocycles. The van der Waals surface area contributed by atoms with E-state index in [1.54, 1.807) is 28.9 Å². The van der Waals surface area contributed by atoms with E-state index in [1.165, 1.54) is 0 Å². The normalized spacial score (nSPS) is 19.2. The van der Waals surface area contributed by atoms with Gasteiger partial charge in [-0.25, -0.2) is 0 Å². The van der Waals surface area contributed by atoms with Crippen molar-refractivity contribution in [3.05, 3.63) is 12.3 Å². The lowest BCUT2D eigenvalue weighted by molar-refractivity contribution is -0.131. The van der Waals surface area contributed by atoms with E-state index in [0.717, 1.165) is 6.42 Å². The maximum Gasteiger partial charge on any atom is 0.250 e. The molecule has 0 radical (unpaired) electrons. The Morgan fingerprint density at radius 1 is 1.60 bits per heavy atom. The molecule has 1 saturated heterocycles. The van der Waals surface area contributed by atoms with Gasteiger partial charge in [0.1, 0.15) is 12.6 Å². The van der Waals surface area contributed by atoms with Crippen molar-refractivity contribution in [1.82, 2.24) is 15.1 Å². The average molecular weight is 280 g/mol. The third-order valence-electron chi connectivity index (χ3n) is 3.19. The minimum atomic E-state index is -0.487. The highest BCUT2D eigenvalue weighted by Gasteiger charge is 2.31. The molecule has 110 valence electrons. The lowest BCUT2D eigenvalue weighted by Crippen LogP contribution is -2.53. The molecule has 7 nitrogen and oxygen atoms in total. The largest absolute Gasteiger partial charge is 0.372 e. The van der Waals surface area contributed by atoms with Crippen LogP contribution in [-0.4, -0.2) is 47.4 Å². The fraction of sp³-hybridized carbons (Fsp3) is 0.615. The fourth-order valence-corrected chi connectivity index (χ4v) is 2.21. The summed E-state index contributed by atoms with van der Waals surface area (Å²) in [6.07, 6.45) is 3.28. The summed E-state index contributed by atoms with van der Waals surface area (Å²) in [5, 5.41) is 6.95. The molecule has 1 aromatic rings. The summed E-state index contributed by atoms with van der Waals surface area (Å²) in [4.78, 5) is 25.6. The fourth-order valence-electron chi connectivity index (χ4n) is 2.21. The molecule has 0 unspecified atom stereocenters. The Bertz CT molecular complexity index is 486. The molecule has 0 aliphatic carbocycles. The van der Waals surface area contributed by atoms with Crippen LogP contribution in [0.5, 0.6) is 0 Å². The van der Waals surface area contributed by atoms with Gasteiger partial charge in [-0.15, -0.1) is 0 Å². The van der Waals surface area contributed by atoms with Gasteiger partial charge in [0.05, 0.1) is 0 Å². The van der Waals surface area contributed by atoms with Crippen molar-refractivity contribution < 1.29 is 14.3 Å². The SMILES string of the molecule is CCOCC(=O)N[C@@H]1CCCN(c2ccn(C)n2)C1=O. The molecule has 0 saturated carbocycles. The van der Waals surface area contributed by atoms with Crippen LogP contribution < -0.4 is 10.2 Å². The molecule has 1 fully saturated rings. The summed E-state index contributed by atoms with van der Waals surface area (Å²) >= 11 is 0. The second-order valence-corrected chi connectivity index (χ2v) is 4.74. The van der Waals surface area contributed by atoms with Crippen molar-refractivity contribution in [1.29, 1.82) is 0 Å². The van der Waals surface area contributed by atoms with E-state index in [-0.39, 0.29) is 18.4 Å². The standard InChI is InChI=1S/C13H20N4O3/c1-3-20-9-12(18)14-10-5-4-7-17(13(10)19)11-6-8-16(2)15-11/h6,8,10H,3-5,7,9H2,1-2H3,(H,14,18)/t10-/m1/s1. The maximum atomic E-state index is 12.4. The van der Waals surface area contributed by atoms with E-state index in [1.807, 2.05) is 6.92 Å². The Labute approximate surface area is 117 Å². The number of aryl methyl sites for hydroxylation is 1. The number of hydrogen-bond acceptors (Lipinski definition) is 4. The molecule has 1 aromatic heterocycles. The highest BCUT2D eigenvalue weighted by Crippen LogP contribution is 2.18. The van der Waals surface area contributed by atoms with E-state index in [0.29, 0.717) is 25.4 Å². The van der Waals surface area contributed by atoms with Gasteiger partial charge < -0.3 is 10.1 Å². The molecule has 7 heteroatoms. The van der Waals surface area contributed by atoms with Gasteiger partial charge in [-0.1, -0.05) is 0 Å². The van der Waals surface area contributed by atoms with E-state index in [4.69, 9.17) is 4.74 Å². The lowest BCUT2D eigenvalue weighted by atomic mass is 10.0. The number of carbonyl (C=O) groups excluding carboxylic acids is 2. The first-order valence-corrected chi connectivity index (χ1v) is 6.80. The predicted octanol–water partition coefficient (Wildman–Crippen LogP) is 0.0682. The van der Waals surface area contributed by atoms with Gasteiger partial charge in [0, 0.05) is 32.5 Å². The number of amides is 2. The van der Waals surface area contributed by atoms with Crippen LogP contribution >= 0.6 is 0 Å². The van der Waals surface area contributed by atoms with Gasteiger partial charge in [0.2, 0.25) is 5.91 Å². The monoisotopic (exact) mass is 280 g/mol. The van der Waals surface area contributed by atoms with Crippen LogP contribution in [0.1, 0.15) is 19.8 Å². The van der Waals surface area contributed by atoms with Crippen LogP contribution in [0.4, 0.5) is 5.82 Å². The number of hydrogen-bond donors (Lipinski definition) is 1. The number of anilines is 1. The number of aromatic nitrogens is 2. The first kappa shape index (κ1) is 14.5. The summed E-state index contributed by atoms with van der Waals surface area (Å²) in [5.41, 5.74) is 0. The van der Waals surface area contributed by atoms with Gasteiger partial charge in [0.25, 0.3) is 5.91 Å². The number of nitrogens with one attached hydrogen (secondary N) is 1. The zero-order chi connectivity index (χ0) is 14.5. The number of piperidine rings is 1. The Balaban J connectivity index is 1.98. The molecule has 1 atom stereocenters. The van der Waals surface area contributed by atoms with Crippen molar-refractivity contribution in [2.75, 3.05) is 24.7 Å². The Morgan fingerprint density at radius 3 is 3.05 bits per heavy atom. The van der Waals surface area contributed by atoms with E-state index in [2.05, 4.69) is 10.4 Å². The van der Waals surface area contributed by atoms with E-state index in [9.17, 15) is 9.59 Å².